The summed E-state index contributed by atoms with van der Waals surface area (Å²) in [7, 11) is 0. The molecule has 1 heterocycles. The predicted octanol–water partition coefficient (Wildman–Crippen LogP) is 4.26. The molecule has 108 valence electrons. The summed E-state index contributed by atoms with van der Waals surface area (Å²) in [6.45, 7) is 0. The van der Waals surface area contributed by atoms with Crippen LogP contribution >= 0.6 is 0 Å². The summed E-state index contributed by atoms with van der Waals surface area (Å²) in [4.78, 5) is 16.3. The zero-order chi connectivity index (χ0) is 15.5. The number of nitrogens with zero attached hydrogens (tertiary/aromatic N) is 1. The van der Waals surface area contributed by atoms with Crippen molar-refractivity contribution in [2.75, 3.05) is 0 Å². The first kappa shape index (κ1) is 14.1. The Hall–Kier alpha value is -2.88. The van der Waals surface area contributed by atoms with E-state index >= 15 is 0 Å². The molecule has 0 spiro atoms. The van der Waals surface area contributed by atoms with Gasteiger partial charge in [0.2, 0.25) is 0 Å². The summed E-state index contributed by atoms with van der Waals surface area (Å²) in [5.41, 5.74) is 1.29. The number of ketones is 1. The molecule has 3 rings (SSSR count). The van der Waals surface area contributed by atoms with Gasteiger partial charge in [0.15, 0.2) is 5.78 Å². The molecule has 2 nitrogen and oxygen atoms in total. The van der Waals surface area contributed by atoms with Crippen molar-refractivity contribution in [1.82, 2.24) is 4.98 Å². The van der Waals surface area contributed by atoms with Crippen LogP contribution in [0.4, 0.5) is 8.78 Å². The SMILES string of the molecule is O=C(c1ccccc1)c1ccc(-c2cc(F)ccc2F)nc1. The maximum atomic E-state index is 13.7. The number of aromatic nitrogens is 1. The number of pyridine rings is 1. The Bertz CT molecular complexity index is 814. The van der Waals surface area contributed by atoms with E-state index in [1.807, 2.05) is 6.07 Å². The Balaban J connectivity index is 1.93. The van der Waals surface area contributed by atoms with E-state index in [9.17, 15) is 13.6 Å². The average Bonchev–Trinajstić information content (AvgIpc) is 2.57. The zero-order valence-corrected chi connectivity index (χ0v) is 11.5. The van der Waals surface area contributed by atoms with Crippen LogP contribution in [0, 0.1) is 11.6 Å². The third kappa shape index (κ3) is 2.76. The fraction of sp³-hybridized carbons (Fsp3) is 0. The first-order valence-corrected chi connectivity index (χ1v) is 6.66. The second kappa shape index (κ2) is 5.85. The molecular weight excluding hydrogens is 284 g/mol. The van der Waals surface area contributed by atoms with Crippen LogP contribution in [-0.2, 0) is 0 Å². The standard InChI is InChI=1S/C18H11F2NO/c19-14-7-8-16(20)15(10-14)17-9-6-13(11-21-17)18(22)12-4-2-1-3-5-12/h1-11H. The average molecular weight is 295 g/mol. The minimum atomic E-state index is -0.559. The molecule has 0 aliphatic carbocycles. The number of hydrogen-bond acceptors (Lipinski definition) is 2. The van der Waals surface area contributed by atoms with Crippen LogP contribution in [0.15, 0.2) is 66.9 Å². The maximum Gasteiger partial charge on any atom is 0.194 e. The van der Waals surface area contributed by atoms with Gasteiger partial charge in [-0.25, -0.2) is 8.78 Å². The molecule has 0 N–H and O–H groups in total. The molecule has 1 aromatic heterocycles. The van der Waals surface area contributed by atoms with E-state index in [1.165, 1.54) is 12.3 Å². The highest BCUT2D eigenvalue weighted by Gasteiger charge is 2.11. The predicted molar refractivity (Wildman–Crippen MR) is 79.5 cm³/mol. The molecule has 2 aromatic carbocycles. The van der Waals surface area contributed by atoms with Crippen LogP contribution in [0.2, 0.25) is 0 Å². The number of benzene rings is 2. The van der Waals surface area contributed by atoms with Gasteiger partial charge in [-0.2, -0.15) is 0 Å². The second-order valence-electron chi connectivity index (χ2n) is 4.75. The Morgan fingerprint density at radius 2 is 1.64 bits per heavy atom. The maximum absolute atomic E-state index is 13.7. The van der Waals surface area contributed by atoms with E-state index in [4.69, 9.17) is 0 Å². The van der Waals surface area contributed by atoms with E-state index in [0.29, 0.717) is 11.1 Å². The van der Waals surface area contributed by atoms with Crippen molar-refractivity contribution in [2.24, 2.45) is 0 Å². The molecule has 0 unspecified atom stereocenters. The molecule has 3 aromatic rings. The summed E-state index contributed by atoms with van der Waals surface area (Å²) in [6.07, 6.45) is 1.37. The molecule has 0 bridgehead atoms. The summed E-state index contributed by atoms with van der Waals surface area (Å²) in [5, 5.41) is 0. The Morgan fingerprint density at radius 1 is 0.864 bits per heavy atom. The Labute approximate surface area is 126 Å². The van der Waals surface area contributed by atoms with Crippen LogP contribution in [0.3, 0.4) is 0 Å². The third-order valence-electron chi connectivity index (χ3n) is 3.27. The van der Waals surface area contributed by atoms with Crippen molar-refractivity contribution >= 4 is 5.78 Å². The van der Waals surface area contributed by atoms with Gasteiger partial charge in [0.05, 0.1) is 5.69 Å². The fourth-order valence-electron chi connectivity index (χ4n) is 2.14. The fourth-order valence-corrected chi connectivity index (χ4v) is 2.14. The van der Waals surface area contributed by atoms with E-state index < -0.39 is 11.6 Å². The van der Waals surface area contributed by atoms with Gasteiger partial charge in [0.25, 0.3) is 0 Å². The first-order chi connectivity index (χ1) is 10.6. The van der Waals surface area contributed by atoms with Gasteiger partial charge >= 0.3 is 0 Å². The van der Waals surface area contributed by atoms with Crippen molar-refractivity contribution in [3.8, 4) is 11.3 Å². The van der Waals surface area contributed by atoms with Gasteiger partial charge in [-0.05, 0) is 30.3 Å². The lowest BCUT2D eigenvalue weighted by Gasteiger charge is -2.05. The van der Waals surface area contributed by atoms with Crippen molar-refractivity contribution in [2.45, 2.75) is 0 Å². The molecule has 0 amide bonds. The minimum Gasteiger partial charge on any atom is -0.289 e. The van der Waals surface area contributed by atoms with Crippen molar-refractivity contribution < 1.29 is 13.6 Å². The van der Waals surface area contributed by atoms with Gasteiger partial charge in [0, 0.05) is 22.9 Å². The minimum absolute atomic E-state index is 0.0683. The topological polar surface area (TPSA) is 30.0 Å². The zero-order valence-electron chi connectivity index (χ0n) is 11.5. The van der Waals surface area contributed by atoms with Crippen LogP contribution in [0.25, 0.3) is 11.3 Å². The van der Waals surface area contributed by atoms with E-state index in [1.54, 1.807) is 30.3 Å². The smallest absolute Gasteiger partial charge is 0.194 e. The van der Waals surface area contributed by atoms with Gasteiger partial charge in [0.1, 0.15) is 11.6 Å². The first-order valence-electron chi connectivity index (χ1n) is 6.66. The normalized spacial score (nSPS) is 10.5. The molecule has 0 fully saturated rings. The molecule has 0 aliphatic rings. The van der Waals surface area contributed by atoms with Crippen LogP contribution < -0.4 is 0 Å². The molecular formula is C18H11F2NO. The highest BCUT2D eigenvalue weighted by atomic mass is 19.1. The van der Waals surface area contributed by atoms with E-state index in [2.05, 4.69) is 4.98 Å². The number of carbonyl (C=O) groups excluding carboxylic acids is 1. The molecule has 0 saturated carbocycles. The summed E-state index contributed by atoms with van der Waals surface area (Å²) >= 11 is 0. The summed E-state index contributed by atoms with van der Waals surface area (Å²) in [6, 6.07) is 15.0. The van der Waals surface area contributed by atoms with Gasteiger partial charge in [-0.3, -0.25) is 9.78 Å². The molecule has 0 atom stereocenters. The lowest BCUT2D eigenvalue weighted by atomic mass is 10.0. The highest BCUT2D eigenvalue weighted by molar-refractivity contribution is 6.08. The molecule has 0 aliphatic heterocycles. The number of carbonyl (C=O) groups is 1. The highest BCUT2D eigenvalue weighted by Crippen LogP contribution is 2.22. The van der Waals surface area contributed by atoms with Gasteiger partial charge < -0.3 is 0 Å². The summed E-state index contributed by atoms with van der Waals surface area (Å²) in [5.74, 6) is -1.27. The number of rotatable bonds is 3. The Morgan fingerprint density at radius 3 is 2.32 bits per heavy atom. The van der Waals surface area contributed by atoms with Crippen LogP contribution in [-0.4, -0.2) is 10.8 Å². The van der Waals surface area contributed by atoms with Gasteiger partial charge in [-0.15, -0.1) is 0 Å². The number of halogens is 2. The lowest BCUT2D eigenvalue weighted by Crippen LogP contribution is -2.02. The third-order valence-corrected chi connectivity index (χ3v) is 3.27. The molecule has 0 radical (unpaired) electrons. The van der Waals surface area contributed by atoms with E-state index in [0.717, 1.165) is 18.2 Å². The summed E-state index contributed by atoms with van der Waals surface area (Å²) < 4.78 is 26.9. The molecule has 0 saturated heterocycles. The van der Waals surface area contributed by atoms with Gasteiger partial charge in [-0.1, -0.05) is 30.3 Å². The van der Waals surface area contributed by atoms with Crippen molar-refractivity contribution in [3.05, 3.63) is 89.6 Å². The monoisotopic (exact) mass is 295 g/mol. The number of hydrogen-bond donors (Lipinski definition) is 0. The second-order valence-corrected chi connectivity index (χ2v) is 4.75. The Kier molecular flexibility index (Phi) is 3.74. The van der Waals surface area contributed by atoms with Crippen LogP contribution in [0.5, 0.6) is 0 Å². The largest absolute Gasteiger partial charge is 0.289 e. The van der Waals surface area contributed by atoms with E-state index in [-0.39, 0.29) is 17.0 Å². The lowest BCUT2D eigenvalue weighted by molar-refractivity contribution is 0.103. The molecule has 22 heavy (non-hydrogen) atoms. The quantitative estimate of drug-likeness (QED) is 0.676. The van der Waals surface area contributed by atoms with Crippen LogP contribution in [0.1, 0.15) is 15.9 Å². The van der Waals surface area contributed by atoms with Crippen molar-refractivity contribution in [1.29, 1.82) is 0 Å². The molecule has 4 heteroatoms. The van der Waals surface area contributed by atoms with Crippen molar-refractivity contribution in [3.63, 3.8) is 0 Å².